The van der Waals surface area contributed by atoms with E-state index in [0.29, 0.717) is 0 Å². The molecule has 3 heteroatoms. The Morgan fingerprint density at radius 2 is 1.35 bits per heavy atom. The van der Waals surface area contributed by atoms with Gasteiger partial charge in [-0.2, -0.15) is 11.8 Å². The molecule has 0 aliphatic rings. The molecule has 0 heterocycles. The molecule has 0 rings (SSSR count). The zero-order valence-corrected chi connectivity index (χ0v) is 12.0. The van der Waals surface area contributed by atoms with Gasteiger partial charge >= 0.3 is 0 Å². The average molecular weight is 259 g/mol. The number of unbranched alkanes of at least 4 members (excludes halogenated alkanes) is 9. The highest BCUT2D eigenvalue weighted by Crippen LogP contribution is 2.12. The van der Waals surface area contributed by atoms with Crippen molar-refractivity contribution in [2.24, 2.45) is 0 Å². The second kappa shape index (κ2) is 13.9. The smallest absolute Gasteiger partial charge is 0.0513 e. The Bertz CT molecular complexity index is 172. The quantitative estimate of drug-likeness (QED) is 0.476. The minimum Gasteiger partial charge on any atom is -0.549 e. The van der Waals surface area contributed by atoms with E-state index in [9.17, 15) is 9.90 Å². The van der Waals surface area contributed by atoms with E-state index >= 15 is 0 Å². The summed E-state index contributed by atoms with van der Waals surface area (Å²) in [6.07, 6.45) is 13.3. The van der Waals surface area contributed by atoms with Crippen LogP contribution in [0.25, 0.3) is 0 Å². The molecule has 0 fully saturated rings. The lowest BCUT2D eigenvalue weighted by atomic mass is 10.1. The van der Waals surface area contributed by atoms with E-state index < -0.39 is 5.97 Å². The lowest BCUT2D eigenvalue weighted by molar-refractivity contribution is -0.301. The minimum absolute atomic E-state index is 0.150. The van der Waals surface area contributed by atoms with Gasteiger partial charge in [0.2, 0.25) is 0 Å². The van der Waals surface area contributed by atoms with Crippen molar-refractivity contribution in [2.45, 2.75) is 71.1 Å². The molecule has 0 aliphatic carbocycles. The van der Waals surface area contributed by atoms with Crippen LogP contribution < -0.4 is 5.11 Å². The first kappa shape index (κ1) is 16.8. The molecule has 0 aromatic rings. The van der Waals surface area contributed by atoms with Crippen molar-refractivity contribution in [3.05, 3.63) is 0 Å². The average Bonchev–Trinajstić information content (AvgIpc) is 2.30. The first-order chi connectivity index (χ1) is 8.27. The van der Waals surface area contributed by atoms with Gasteiger partial charge in [0, 0.05) is 5.75 Å². The fourth-order valence-corrected chi connectivity index (χ4v) is 2.57. The van der Waals surface area contributed by atoms with Crippen LogP contribution in [0.5, 0.6) is 0 Å². The number of thioether (sulfide) groups is 1. The molecule has 0 bridgehead atoms. The summed E-state index contributed by atoms with van der Waals surface area (Å²) < 4.78 is 0. The lowest BCUT2D eigenvalue weighted by Crippen LogP contribution is -2.24. The van der Waals surface area contributed by atoms with E-state index in [1.54, 1.807) is 0 Å². The predicted molar refractivity (Wildman–Crippen MR) is 74.2 cm³/mol. The van der Waals surface area contributed by atoms with Crippen LogP contribution in [0, 0.1) is 0 Å². The summed E-state index contributed by atoms with van der Waals surface area (Å²) in [5.74, 6) is 0.170. The monoisotopic (exact) mass is 259 g/mol. The van der Waals surface area contributed by atoms with Gasteiger partial charge < -0.3 is 9.90 Å². The maximum atomic E-state index is 10.1. The summed E-state index contributed by atoms with van der Waals surface area (Å²) in [5.41, 5.74) is 0. The van der Waals surface area contributed by atoms with Crippen molar-refractivity contribution in [3.8, 4) is 0 Å². The fraction of sp³-hybridized carbons (Fsp3) is 0.929. The summed E-state index contributed by atoms with van der Waals surface area (Å²) in [6, 6.07) is 0. The third-order valence-corrected chi connectivity index (χ3v) is 3.88. The summed E-state index contributed by atoms with van der Waals surface area (Å²) in [5, 5.41) is 10.1. The summed E-state index contributed by atoms with van der Waals surface area (Å²) >= 11 is 1.48. The number of carboxylic acids is 1. The zero-order chi connectivity index (χ0) is 12.8. The number of hydrogen-bond acceptors (Lipinski definition) is 3. The first-order valence-electron chi connectivity index (χ1n) is 7.05. The van der Waals surface area contributed by atoms with Crippen LogP contribution >= 0.6 is 11.8 Å². The normalized spacial score (nSPS) is 10.6. The van der Waals surface area contributed by atoms with Crippen molar-refractivity contribution in [1.29, 1.82) is 0 Å². The summed E-state index contributed by atoms with van der Waals surface area (Å²) in [4.78, 5) is 10.1. The molecular formula is C14H27O2S-. The van der Waals surface area contributed by atoms with E-state index in [0.717, 1.165) is 12.2 Å². The molecule has 0 radical (unpaired) electrons. The van der Waals surface area contributed by atoms with Crippen LogP contribution in [0.15, 0.2) is 0 Å². The maximum absolute atomic E-state index is 10.1. The van der Waals surface area contributed by atoms with Gasteiger partial charge in [-0.05, 0) is 12.2 Å². The molecule has 0 N–H and O–H groups in total. The van der Waals surface area contributed by atoms with Crippen LogP contribution in [0.3, 0.4) is 0 Å². The highest BCUT2D eigenvalue weighted by Gasteiger charge is 1.93. The van der Waals surface area contributed by atoms with Crippen molar-refractivity contribution in [2.75, 3.05) is 11.5 Å². The second-order valence-corrected chi connectivity index (χ2v) is 5.71. The van der Waals surface area contributed by atoms with E-state index in [1.165, 1.54) is 69.5 Å². The first-order valence-corrected chi connectivity index (χ1v) is 8.20. The zero-order valence-electron chi connectivity index (χ0n) is 11.2. The van der Waals surface area contributed by atoms with Crippen LogP contribution in [-0.2, 0) is 4.79 Å². The second-order valence-electron chi connectivity index (χ2n) is 4.61. The van der Waals surface area contributed by atoms with Crippen molar-refractivity contribution in [3.63, 3.8) is 0 Å². The molecule has 2 nitrogen and oxygen atoms in total. The van der Waals surface area contributed by atoms with Gasteiger partial charge in [0.1, 0.15) is 0 Å². The maximum Gasteiger partial charge on any atom is 0.0513 e. The van der Waals surface area contributed by atoms with E-state index in [4.69, 9.17) is 0 Å². The van der Waals surface area contributed by atoms with Crippen LogP contribution in [-0.4, -0.2) is 17.5 Å². The third-order valence-electron chi connectivity index (χ3n) is 2.86. The Labute approximate surface area is 111 Å². The molecule has 0 unspecified atom stereocenters. The molecule has 0 atom stereocenters. The Morgan fingerprint density at radius 3 is 1.82 bits per heavy atom. The number of carboxylic acid groups (broad SMARTS) is 1. The molecule has 0 spiro atoms. The van der Waals surface area contributed by atoms with Crippen molar-refractivity contribution >= 4 is 17.7 Å². The highest BCUT2D eigenvalue weighted by atomic mass is 32.2. The van der Waals surface area contributed by atoms with Gasteiger partial charge in [0.05, 0.1) is 5.97 Å². The summed E-state index contributed by atoms with van der Waals surface area (Å²) in [6.45, 7) is 2.25. The summed E-state index contributed by atoms with van der Waals surface area (Å²) in [7, 11) is 0. The number of carbonyl (C=O) groups is 1. The fourth-order valence-electron chi connectivity index (χ4n) is 1.85. The van der Waals surface area contributed by atoms with Gasteiger partial charge in [0.15, 0.2) is 0 Å². The van der Waals surface area contributed by atoms with Crippen molar-refractivity contribution < 1.29 is 9.90 Å². The molecule has 0 amide bonds. The molecule has 0 saturated carbocycles. The van der Waals surface area contributed by atoms with Crippen LogP contribution in [0.4, 0.5) is 0 Å². The predicted octanol–water partition coefficient (Wildman–Crippen LogP) is 3.39. The molecule has 0 aromatic carbocycles. The number of hydrogen-bond donors (Lipinski definition) is 0. The van der Waals surface area contributed by atoms with Gasteiger partial charge in [-0.3, -0.25) is 0 Å². The Hall–Kier alpha value is -0.180. The third kappa shape index (κ3) is 15.8. The van der Waals surface area contributed by atoms with E-state index in [-0.39, 0.29) is 5.75 Å². The highest BCUT2D eigenvalue weighted by molar-refractivity contribution is 7.99. The number of carbonyl (C=O) groups excluding carboxylic acids is 1. The number of aliphatic carboxylic acids is 1. The molecule has 102 valence electrons. The van der Waals surface area contributed by atoms with Gasteiger partial charge in [-0.25, -0.2) is 0 Å². The largest absolute Gasteiger partial charge is 0.549 e. The van der Waals surface area contributed by atoms with Crippen LogP contribution in [0.2, 0.25) is 0 Å². The molecule has 0 aromatic heterocycles. The topological polar surface area (TPSA) is 40.1 Å². The lowest BCUT2D eigenvalue weighted by Gasteiger charge is -2.03. The van der Waals surface area contributed by atoms with E-state index in [2.05, 4.69) is 6.92 Å². The molecule has 0 saturated heterocycles. The van der Waals surface area contributed by atoms with Gasteiger partial charge in [-0.1, -0.05) is 64.7 Å². The Morgan fingerprint density at radius 1 is 0.882 bits per heavy atom. The standard InChI is InChI=1S/C14H28O2S/c1-2-3-4-5-6-7-8-9-10-11-12-17-13-14(15)16/h2-13H2,1H3,(H,15,16)/p-1. The van der Waals surface area contributed by atoms with Gasteiger partial charge in [0.25, 0.3) is 0 Å². The SMILES string of the molecule is CCCCCCCCCCCCSCC(=O)[O-]. The van der Waals surface area contributed by atoms with Crippen molar-refractivity contribution in [1.82, 2.24) is 0 Å². The Balaban J connectivity index is 2.91. The van der Waals surface area contributed by atoms with Gasteiger partial charge in [-0.15, -0.1) is 0 Å². The van der Waals surface area contributed by atoms with Crippen LogP contribution in [0.1, 0.15) is 71.1 Å². The number of rotatable bonds is 13. The molecule has 0 aliphatic heterocycles. The molecular weight excluding hydrogens is 232 g/mol. The van der Waals surface area contributed by atoms with E-state index in [1.807, 2.05) is 0 Å². The Kier molecular flexibility index (Phi) is 13.7. The minimum atomic E-state index is -0.943. The molecule has 17 heavy (non-hydrogen) atoms.